The van der Waals surface area contributed by atoms with Gasteiger partial charge in [-0.3, -0.25) is 9.59 Å². The van der Waals surface area contributed by atoms with Crippen LogP contribution in [0.25, 0.3) is 0 Å². The molecule has 8 heteroatoms. The number of nitrogens with one attached hydrogen (secondary N) is 2. The number of ether oxygens (including phenoxy) is 1. The van der Waals surface area contributed by atoms with Gasteiger partial charge in [0, 0.05) is 12.2 Å². The van der Waals surface area contributed by atoms with Gasteiger partial charge in [-0.2, -0.15) is 0 Å². The van der Waals surface area contributed by atoms with E-state index in [4.69, 9.17) is 16.3 Å². The summed E-state index contributed by atoms with van der Waals surface area (Å²) in [6, 6.07) is 2.95. The number of esters is 1. The molecular weight excluding hydrogens is 298 g/mol. The van der Waals surface area contributed by atoms with Gasteiger partial charge in [0.05, 0.1) is 12.1 Å². The number of carbonyl (C=O) groups excluding carboxylic acids is 3. The predicted molar refractivity (Wildman–Crippen MR) is 75.8 cm³/mol. The molecule has 0 radical (unpaired) electrons. The second-order valence-electron chi connectivity index (χ2n) is 4.42. The Balaban J connectivity index is 2.35. The highest BCUT2D eigenvalue weighted by molar-refractivity contribution is 6.32. The SMILES string of the molecule is CC(C)NC(=O)CNC(=O)COC(=O)c1cccnc1Cl. The first-order valence-electron chi connectivity index (χ1n) is 6.24. The number of carbonyl (C=O) groups is 3. The van der Waals surface area contributed by atoms with E-state index in [-0.39, 0.29) is 29.2 Å². The fourth-order valence-electron chi connectivity index (χ4n) is 1.35. The molecule has 0 aliphatic heterocycles. The summed E-state index contributed by atoms with van der Waals surface area (Å²) in [5, 5.41) is 4.94. The van der Waals surface area contributed by atoms with Crippen molar-refractivity contribution < 1.29 is 19.1 Å². The van der Waals surface area contributed by atoms with Gasteiger partial charge < -0.3 is 15.4 Å². The van der Waals surface area contributed by atoms with E-state index in [2.05, 4.69) is 15.6 Å². The van der Waals surface area contributed by atoms with Crippen molar-refractivity contribution in [3.05, 3.63) is 29.0 Å². The maximum Gasteiger partial charge on any atom is 0.341 e. The van der Waals surface area contributed by atoms with Crippen molar-refractivity contribution in [1.82, 2.24) is 15.6 Å². The van der Waals surface area contributed by atoms with Gasteiger partial charge in [0.1, 0.15) is 5.15 Å². The highest BCUT2D eigenvalue weighted by Gasteiger charge is 2.14. The summed E-state index contributed by atoms with van der Waals surface area (Å²) in [4.78, 5) is 38.1. The van der Waals surface area contributed by atoms with Gasteiger partial charge in [-0.05, 0) is 26.0 Å². The number of nitrogens with zero attached hydrogens (tertiary/aromatic N) is 1. The summed E-state index contributed by atoms with van der Waals surface area (Å²) >= 11 is 5.72. The first kappa shape index (κ1) is 16.9. The van der Waals surface area contributed by atoms with E-state index in [0.717, 1.165) is 0 Å². The number of aromatic nitrogens is 1. The Labute approximate surface area is 127 Å². The quantitative estimate of drug-likeness (QED) is 0.590. The Morgan fingerprint density at radius 1 is 1.33 bits per heavy atom. The topological polar surface area (TPSA) is 97.4 Å². The molecular formula is C13H16ClN3O4. The third-order valence-corrected chi connectivity index (χ3v) is 2.51. The Hall–Kier alpha value is -2.15. The minimum Gasteiger partial charge on any atom is -0.452 e. The molecule has 2 amide bonds. The molecule has 1 aromatic rings. The third-order valence-electron chi connectivity index (χ3n) is 2.21. The maximum atomic E-state index is 11.6. The molecule has 0 fully saturated rings. The zero-order valence-electron chi connectivity index (χ0n) is 11.7. The second kappa shape index (κ2) is 8.21. The van der Waals surface area contributed by atoms with Crippen molar-refractivity contribution in [2.45, 2.75) is 19.9 Å². The van der Waals surface area contributed by atoms with Crippen LogP contribution < -0.4 is 10.6 Å². The van der Waals surface area contributed by atoms with Crippen LogP contribution in [-0.2, 0) is 14.3 Å². The van der Waals surface area contributed by atoms with Gasteiger partial charge in [-0.1, -0.05) is 11.6 Å². The third kappa shape index (κ3) is 6.22. The minimum atomic E-state index is -0.755. The van der Waals surface area contributed by atoms with Crippen LogP contribution in [0.2, 0.25) is 5.15 Å². The molecule has 0 unspecified atom stereocenters. The molecule has 0 aromatic carbocycles. The van der Waals surface area contributed by atoms with Gasteiger partial charge in [-0.15, -0.1) is 0 Å². The van der Waals surface area contributed by atoms with Crippen molar-refractivity contribution in [3.8, 4) is 0 Å². The Morgan fingerprint density at radius 2 is 2.05 bits per heavy atom. The Bertz CT molecular complexity index is 534. The molecule has 0 aliphatic carbocycles. The first-order valence-corrected chi connectivity index (χ1v) is 6.61. The minimum absolute atomic E-state index is 0.000723. The first-order chi connectivity index (χ1) is 9.90. The van der Waals surface area contributed by atoms with Gasteiger partial charge in [-0.25, -0.2) is 9.78 Å². The van der Waals surface area contributed by atoms with E-state index in [9.17, 15) is 14.4 Å². The highest BCUT2D eigenvalue weighted by atomic mass is 35.5. The van der Waals surface area contributed by atoms with E-state index < -0.39 is 18.5 Å². The van der Waals surface area contributed by atoms with Gasteiger partial charge >= 0.3 is 5.97 Å². The lowest BCUT2D eigenvalue weighted by Gasteiger charge is -2.09. The summed E-state index contributed by atoms with van der Waals surface area (Å²) in [6.07, 6.45) is 1.43. The van der Waals surface area contributed by atoms with Crippen molar-refractivity contribution >= 4 is 29.4 Å². The largest absolute Gasteiger partial charge is 0.452 e. The number of rotatable bonds is 6. The van der Waals surface area contributed by atoms with Crippen LogP contribution in [0.5, 0.6) is 0 Å². The number of amides is 2. The van der Waals surface area contributed by atoms with E-state index in [0.29, 0.717) is 0 Å². The summed E-state index contributed by atoms with van der Waals surface area (Å²) in [7, 11) is 0. The molecule has 21 heavy (non-hydrogen) atoms. The van der Waals surface area contributed by atoms with Crippen molar-refractivity contribution in [1.29, 1.82) is 0 Å². The molecule has 1 aromatic heterocycles. The van der Waals surface area contributed by atoms with Crippen molar-refractivity contribution in [2.75, 3.05) is 13.2 Å². The molecule has 7 nitrogen and oxygen atoms in total. The highest BCUT2D eigenvalue weighted by Crippen LogP contribution is 2.12. The Kier molecular flexibility index (Phi) is 6.61. The zero-order chi connectivity index (χ0) is 15.8. The lowest BCUT2D eigenvalue weighted by Crippen LogP contribution is -2.41. The molecule has 114 valence electrons. The van der Waals surface area contributed by atoms with E-state index in [1.54, 1.807) is 13.8 Å². The predicted octanol–water partition coefficient (Wildman–Crippen LogP) is 0.533. The average Bonchev–Trinajstić information content (AvgIpc) is 2.42. The molecule has 0 saturated heterocycles. The summed E-state index contributed by atoms with van der Waals surface area (Å²) < 4.78 is 4.78. The standard InChI is InChI=1S/C13H16ClN3O4/c1-8(2)17-10(18)6-16-11(19)7-21-13(20)9-4-3-5-15-12(9)14/h3-5,8H,6-7H2,1-2H3,(H,16,19)(H,17,18). The molecule has 1 rings (SSSR count). The van der Waals surface area contributed by atoms with Crippen LogP contribution >= 0.6 is 11.6 Å². The van der Waals surface area contributed by atoms with Crippen LogP contribution in [0.4, 0.5) is 0 Å². The molecule has 0 spiro atoms. The molecule has 0 saturated carbocycles. The van der Waals surface area contributed by atoms with Crippen molar-refractivity contribution in [3.63, 3.8) is 0 Å². The van der Waals surface area contributed by atoms with E-state index in [1.165, 1.54) is 18.3 Å². The van der Waals surface area contributed by atoms with E-state index >= 15 is 0 Å². The normalized spacial score (nSPS) is 10.1. The molecule has 2 N–H and O–H groups in total. The van der Waals surface area contributed by atoms with Gasteiger partial charge in [0.25, 0.3) is 5.91 Å². The summed E-state index contributed by atoms with van der Waals surface area (Å²) in [6.45, 7) is 2.93. The van der Waals surface area contributed by atoms with E-state index in [1.807, 2.05) is 0 Å². The smallest absolute Gasteiger partial charge is 0.341 e. The molecule has 0 bridgehead atoms. The number of hydrogen-bond acceptors (Lipinski definition) is 5. The lowest BCUT2D eigenvalue weighted by atomic mass is 10.3. The van der Waals surface area contributed by atoms with Crippen LogP contribution in [0.3, 0.4) is 0 Å². The second-order valence-corrected chi connectivity index (χ2v) is 4.77. The fraction of sp³-hybridized carbons (Fsp3) is 0.385. The average molecular weight is 314 g/mol. The van der Waals surface area contributed by atoms with Crippen molar-refractivity contribution in [2.24, 2.45) is 0 Å². The summed E-state index contributed by atoms with van der Waals surface area (Å²) in [5.74, 6) is -1.66. The molecule has 1 heterocycles. The Morgan fingerprint density at radius 3 is 2.67 bits per heavy atom. The van der Waals surface area contributed by atoms with Crippen LogP contribution in [-0.4, -0.2) is 42.0 Å². The fourth-order valence-corrected chi connectivity index (χ4v) is 1.55. The number of pyridine rings is 1. The molecule has 0 atom stereocenters. The number of hydrogen-bond donors (Lipinski definition) is 2. The maximum absolute atomic E-state index is 11.6. The monoisotopic (exact) mass is 313 g/mol. The van der Waals surface area contributed by atoms with Crippen LogP contribution in [0.15, 0.2) is 18.3 Å². The lowest BCUT2D eigenvalue weighted by molar-refractivity contribution is -0.128. The van der Waals surface area contributed by atoms with Crippen LogP contribution in [0, 0.1) is 0 Å². The van der Waals surface area contributed by atoms with Gasteiger partial charge in [0.15, 0.2) is 6.61 Å². The molecule has 0 aliphatic rings. The van der Waals surface area contributed by atoms with Crippen LogP contribution in [0.1, 0.15) is 24.2 Å². The zero-order valence-corrected chi connectivity index (χ0v) is 12.4. The van der Waals surface area contributed by atoms with Gasteiger partial charge in [0.2, 0.25) is 5.91 Å². The summed E-state index contributed by atoms with van der Waals surface area (Å²) in [5.41, 5.74) is 0.0736. The number of halogens is 1.